The number of aromatic nitrogens is 4. The lowest BCUT2D eigenvalue weighted by Crippen LogP contribution is -2.29. The number of aromatic amines is 1. The fraction of sp³-hybridized carbons (Fsp3) is 0.250. The molecule has 0 spiro atoms. The van der Waals surface area contributed by atoms with E-state index in [0.717, 1.165) is 28.3 Å². The summed E-state index contributed by atoms with van der Waals surface area (Å²) in [7, 11) is 1.75. The molecule has 0 radical (unpaired) electrons. The zero-order chi connectivity index (χ0) is 19.0. The van der Waals surface area contributed by atoms with Crippen molar-refractivity contribution in [3.8, 4) is 0 Å². The normalized spacial score (nSPS) is 12.4. The minimum Gasteiger partial charge on any atom is -0.467 e. The summed E-state index contributed by atoms with van der Waals surface area (Å²) in [6.45, 7) is 4.47. The van der Waals surface area contributed by atoms with E-state index in [1.54, 1.807) is 24.3 Å². The zero-order valence-electron chi connectivity index (χ0n) is 15.5. The fourth-order valence-corrected chi connectivity index (χ4v) is 3.19. The summed E-state index contributed by atoms with van der Waals surface area (Å²) in [5.41, 5.74) is 3.25. The lowest BCUT2D eigenvalue weighted by atomic mass is 10.2. The van der Waals surface area contributed by atoms with Crippen LogP contribution in [-0.4, -0.2) is 37.6 Å². The van der Waals surface area contributed by atoms with Crippen molar-refractivity contribution in [3.05, 3.63) is 71.7 Å². The van der Waals surface area contributed by atoms with E-state index in [1.165, 1.54) is 0 Å². The Morgan fingerprint density at radius 2 is 2.11 bits per heavy atom. The van der Waals surface area contributed by atoms with E-state index >= 15 is 0 Å². The molecule has 0 bridgehead atoms. The van der Waals surface area contributed by atoms with Crippen molar-refractivity contribution in [1.82, 2.24) is 24.6 Å². The predicted octanol–water partition coefficient (Wildman–Crippen LogP) is 3.54. The average Bonchev–Trinajstić information content (AvgIpc) is 3.41. The molecule has 138 valence electrons. The number of carbonyl (C=O) groups excluding carboxylic acids is 1. The third-order valence-corrected chi connectivity index (χ3v) is 4.88. The molecule has 1 aromatic carbocycles. The maximum atomic E-state index is 12.8. The molecule has 1 amide bonds. The van der Waals surface area contributed by atoms with E-state index in [4.69, 9.17) is 4.42 Å². The maximum absolute atomic E-state index is 12.8. The first-order valence-electron chi connectivity index (χ1n) is 8.81. The standard InChI is InChI=1S/C20H21N5O2/c1-13(19-9-6-10-27-19)24(3)20(26)17-11-15(22-23-17)12-25-14(2)21-16-7-4-5-8-18(16)25/h4-11,13H,12H2,1-3H3,(H,22,23). The molecule has 0 saturated heterocycles. The third-order valence-electron chi connectivity index (χ3n) is 4.88. The molecule has 1 unspecified atom stereocenters. The van der Waals surface area contributed by atoms with Crippen molar-refractivity contribution in [2.45, 2.75) is 26.4 Å². The summed E-state index contributed by atoms with van der Waals surface area (Å²) in [5.74, 6) is 1.50. The first-order chi connectivity index (χ1) is 13.0. The van der Waals surface area contributed by atoms with Crippen molar-refractivity contribution >= 4 is 16.9 Å². The monoisotopic (exact) mass is 363 g/mol. The Kier molecular flexibility index (Phi) is 4.27. The fourth-order valence-electron chi connectivity index (χ4n) is 3.19. The minimum absolute atomic E-state index is 0.159. The van der Waals surface area contributed by atoms with Gasteiger partial charge in [-0.3, -0.25) is 9.89 Å². The number of nitrogens with zero attached hydrogens (tertiary/aromatic N) is 4. The molecule has 7 heteroatoms. The second kappa shape index (κ2) is 6.75. The van der Waals surface area contributed by atoms with Crippen molar-refractivity contribution in [1.29, 1.82) is 0 Å². The molecule has 3 heterocycles. The van der Waals surface area contributed by atoms with Gasteiger partial charge in [0.2, 0.25) is 0 Å². The second-order valence-corrected chi connectivity index (χ2v) is 6.62. The van der Waals surface area contributed by atoms with Crippen molar-refractivity contribution in [2.75, 3.05) is 7.05 Å². The average molecular weight is 363 g/mol. The van der Waals surface area contributed by atoms with Crippen LogP contribution in [0.1, 0.15) is 40.7 Å². The summed E-state index contributed by atoms with van der Waals surface area (Å²) in [4.78, 5) is 19.0. The van der Waals surface area contributed by atoms with Gasteiger partial charge in [-0.1, -0.05) is 12.1 Å². The topological polar surface area (TPSA) is 79.9 Å². The number of nitrogens with one attached hydrogen (secondary N) is 1. The number of aryl methyl sites for hydroxylation is 1. The van der Waals surface area contributed by atoms with Crippen LogP contribution in [0, 0.1) is 6.92 Å². The van der Waals surface area contributed by atoms with Gasteiger partial charge in [0.15, 0.2) is 0 Å². The third kappa shape index (κ3) is 3.12. The van der Waals surface area contributed by atoms with Crippen molar-refractivity contribution in [2.24, 2.45) is 0 Å². The Bertz CT molecular complexity index is 1080. The molecule has 1 N–H and O–H groups in total. The van der Waals surface area contributed by atoms with Gasteiger partial charge < -0.3 is 13.9 Å². The number of imidazole rings is 1. The maximum Gasteiger partial charge on any atom is 0.274 e. The van der Waals surface area contributed by atoms with Gasteiger partial charge in [-0.05, 0) is 44.2 Å². The van der Waals surface area contributed by atoms with Crippen LogP contribution >= 0.6 is 0 Å². The minimum atomic E-state index is -0.174. The number of benzene rings is 1. The summed E-state index contributed by atoms with van der Waals surface area (Å²) < 4.78 is 7.50. The first-order valence-corrected chi connectivity index (χ1v) is 8.81. The van der Waals surface area contributed by atoms with E-state index < -0.39 is 0 Å². The smallest absolute Gasteiger partial charge is 0.274 e. The number of hydrogen-bond donors (Lipinski definition) is 1. The van der Waals surface area contributed by atoms with Crippen molar-refractivity contribution in [3.63, 3.8) is 0 Å². The lowest BCUT2D eigenvalue weighted by Gasteiger charge is -2.22. The van der Waals surface area contributed by atoms with Gasteiger partial charge in [0.25, 0.3) is 5.91 Å². The van der Waals surface area contributed by atoms with Crippen LogP contribution in [0.4, 0.5) is 0 Å². The van der Waals surface area contributed by atoms with Crippen LogP contribution in [0.25, 0.3) is 11.0 Å². The summed E-state index contributed by atoms with van der Waals surface area (Å²) in [6.07, 6.45) is 1.61. The quantitative estimate of drug-likeness (QED) is 0.588. The van der Waals surface area contributed by atoms with E-state index in [-0.39, 0.29) is 11.9 Å². The predicted molar refractivity (Wildman–Crippen MR) is 101 cm³/mol. The van der Waals surface area contributed by atoms with Gasteiger partial charge in [-0.25, -0.2) is 4.98 Å². The van der Waals surface area contributed by atoms with Gasteiger partial charge in [0.05, 0.1) is 35.6 Å². The Morgan fingerprint density at radius 1 is 1.30 bits per heavy atom. The number of hydrogen-bond acceptors (Lipinski definition) is 4. The first kappa shape index (κ1) is 17.1. The van der Waals surface area contributed by atoms with E-state index in [9.17, 15) is 4.79 Å². The highest BCUT2D eigenvalue weighted by Gasteiger charge is 2.23. The van der Waals surface area contributed by atoms with Crippen LogP contribution < -0.4 is 0 Å². The molecule has 4 rings (SSSR count). The van der Waals surface area contributed by atoms with E-state index in [0.29, 0.717) is 12.2 Å². The molecule has 1 atom stereocenters. The number of furan rings is 1. The van der Waals surface area contributed by atoms with Gasteiger partial charge in [-0.2, -0.15) is 5.10 Å². The number of H-pyrrole nitrogens is 1. The molecule has 0 aliphatic rings. The molecule has 7 nitrogen and oxygen atoms in total. The van der Waals surface area contributed by atoms with Crippen LogP contribution in [0.3, 0.4) is 0 Å². The summed E-state index contributed by atoms with van der Waals surface area (Å²) in [5, 5.41) is 7.19. The number of fused-ring (bicyclic) bond motifs is 1. The van der Waals surface area contributed by atoms with Crippen LogP contribution in [0.2, 0.25) is 0 Å². The number of amides is 1. The molecule has 0 aliphatic carbocycles. The van der Waals surface area contributed by atoms with Gasteiger partial charge in [-0.15, -0.1) is 0 Å². The molecular weight excluding hydrogens is 342 g/mol. The zero-order valence-corrected chi connectivity index (χ0v) is 15.5. The summed E-state index contributed by atoms with van der Waals surface area (Å²) >= 11 is 0. The van der Waals surface area contributed by atoms with Crippen LogP contribution in [-0.2, 0) is 6.54 Å². The highest BCUT2D eigenvalue weighted by atomic mass is 16.3. The Hall–Kier alpha value is -3.35. The van der Waals surface area contributed by atoms with Crippen molar-refractivity contribution < 1.29 is 9.21 Å². The molecule has 4 aromatic rings. The molecule has 27 heavy (non-hydrogen) atoms. The van der Waals surface area contributed by atoms with E-state index in [2.05, 4.69) is 19.7 Å². The largest absolute Gasteiger partial charge is 0.467 e. The molecular formula is C20H21N5O2. The van der Waals surface area contributed by atoms with Gasteiger partial charge in [0, 0.05) is 7.05 Å². The molecule has 0 aliphatic heterocycles. The van der Waals surface area contributed by atoms with Gasteiger partial charge >= 0.3 is 0 Å². The second-order valence-electron chi connectivity index (χ2n) is 6.62. The van der Waals surface area contributed by atoms with Crippen LogP contribution in [0.5, 0.6) is 0 Å². The summed E-state index contributed by atoms with van der Waals surface area (Å²) in [6, 6.07) is 13.3. The highest BCUT2D eigenvalue weighted by molar-refractivity contribution is 5.92. The Balaban J connectivity index is 1.54. The van der Waals surface area contributed by atoms with E-state index in [1.807, 2.05) is 50.2 Å². The molecule has 3 aromatic heterocycles. The van der Waals surface area contributed by atoms with Gasteiger partial charge in [0.1, 0.15) is 17.3 Å². The number of para-hydroxylation sites is 2. The highest BCUT2D eigenvalue weighted by Crippen LogP contribution is 2.21. The molecule has 0 fully saturated rings. The Morgan fingerprint density at radius 3 is 2.89 bits per heavy atom. The van der Waals surface area contributed by atoms with Crippen LogP contribution in [0.15, 0.2) is 53.1 Å². The molecule has 0 saturated carbocycles. The number of rotatable bonds is 5. The Labute approximate surface area is 156 Å². The number of carbonyl (C=O) groups is 1. The lowest BCUT2D eigenvalue weighted by molar-refractivity contribution is 0.0720. The SMILES string of the molecule is Cc1nc2ccccc2n1Cc1cc(C(=O)N(C)C(C)c2ccco2)n[nH]1.